The van der Waals surface area contributed by atoms with E-state index in [0.29, 0.717) is 50.1 Å². The van der Waals surface area contributed by atoms with Crippen molar-refractivity contribution >= 4 is 21.8 Å². The second kappa shape index (κ2) is 13.5. The molecule has 0 aromatic heterocycles. The number of carbonyl (C=O) groups is 1. The molecule has 12 heteroatoms. The van der Waals surface area contributed by atoms with E-state index in [4.69, 9.17) is 19.9 Å². The van der Waals surface area contributed by atoms with E-state index in [1.165, 1.54) is 29.3 Å². The van der Waals surface area contributed by atoms with Crippen LogP contribution in [-0.2, 0) is 30.7 Å². The number of rotatable bonds is 13. The van der Waals surface area contributed by atoms with E-state index < -0.39 is 28.3 Å². The van der Waals surface area contributed by atoms with Crippen LogP contribution in [0.4, 0.5) is 10.5 Å². The highest BCUT2D eigenvalue weighted by molar-refractivity contribution is 7.89. The zero-order chi connectivity index (χ0) is 30.7. The average Bonchev–Trinajstić information content (AvgIpc) is 3.45. The number of nitrogens with one attached hydrogen (secondary N) is 2. The molecule has 2 bridgehead atoms. The van der Waals surface area contributed by atoms with E-state index in [2.05, 4.69) is 17.1 Å². The van der Waals surface area contributed by atoms with Crippen molar-refractivity contribution < 1.29 is 32.5 Å². The molecule has 2 heterocycles. The molecule has 5 N–H and O–H groups in total. The van der Waals surface area contributed by atoms with E-state index in [1.54, 1.807) is 0 Å². The summed E-state index contributed by atoms with van der Waals surface area (Å²) < 4.78 is 44.1. The van der Waals surface area contributed by atoms with E-state index in [-0.39, 0.29) is 41.6 Å². The molecule has 0 spiro atoms. The number of sulfonamides is 1. The molecule has 43 heavy (non-hydrogen) atoms. The number of fused-ring (bicyclic) bond motifs is 1. The summed E-state index contributed by atoms with van der Waals surface area (Å²) in [7, 11) is -3.94. The number of aliphatic hydroxyl groups excluding tert-OH is 1. The molecular formula is C31H44N4O7S. The average molecular weight is 617 g/mol. The summed E-state index contributed by atoms with van der Waals surface area (Å²) in [5, 5.41) is 15.9. The zero-order valence-corrected chi connectivity index (χ0v) is 25.8. The Morgan fingerprint density at radius 1 is 1.09 bits per heavy atom. The van der Waals surface area contributed by atoms with E-state index in [1.807, 2.05) is 44.2 Å². The van der Waals surface area contributed by atoms with Crippen molar-refractivity contribution in [3.05, 3.63) is 60.2 Å². The second-order valence-electron chi connectivity index (χ2n) is 12.5. The number of carbonyl (C=O) groups excluding carboxylic acids is 1. The van der Waals surface area contributed by atoms with Crippen molar-refractivity contribution in [3.63, 3.8) is 0 Å². The Hall–Kier alpha value is -2.74. The summed E-state index contributed by atoms with van der Waals surface area (Å²) in [4.78, 5) is 16.0. The number of aliphatic hydroxyl groups is 1. The minimum atomic E-state index is -3.94. The first-order valence-electron chi connectivity index (χ1n) is 15.1. The number of amides is 1. The van der Waals surface area contributed by atoms with Gasteiger partial charge in [-0.05, 0) is 54.5 Å². The maximum atomic E-state index is 13.4. The monoisotopic (exact) mass is 616 g/mol. The highest BCUT2D eigenvalue weighted by Crippen LogP contribution is 2.52. The highest BCUT2D eigenvalue weighted by atomic mass is 32.2. The van der Waals surface area contributed by atoms with Gasteiger partial charge in [0.15, 0.2) is 6.29 Å². The lowest BCUT2D eigenvalue weighted by atomic mass is 9.88. The molecule has 1 saturated carbocycles. The molecule has 1 aliphatic carbocycles. The number of hydrogen-bond acceptors (Lipinski definition) is 9. The van der Waals surface area contributed by atoms with Gasteiger partial charge in [0.2, 0.25) is 0 Å². The van der Waals surface area contributed by atoms with Crippen LogP contribution in [0.25, 0.3) is 0 Å². The highest BCUT2D eigenvalue weighted by Gasteiger charge is 2.60. The number of hydrazine groups is 1. The van der Waals surface area contributed by atoms with Gasteiger partial charge >= 0.3 is 6.09 Å². The van der Waals surface area contributed by atoms with Crippen LogP contribution in [0, 0.1) is 29.6 Å². The second-order valence-corrected chi connectivity index (χ2v) is 14.1. The molecule has 2 aromatic rings. The summed E-state index contributed by atoms with van der Waals surface area (Å²) in [6.07, 6.45) is -1.32. The molecular weight excluding hydrogens is 572 g/mol. The molecule has 1 amide bonds. The lowest BCUT2D eigenvalue weighted by Gasteiger charge is -2.33. The van der Waals surface area contributed by atoms with Crippen molar-refractivity contribution in [1.82, 2.24) is 15.2 Å². The van der Waals surface area contributed by atoms with Gasteiger partial charge in [0.05, 0.1) is 30.3 Å². The number of benzene rings is 2. The Labute approximate surface area is 254 Å². The molecule has 0 radical (unpaired) electrons. The van der Waals surface area contributed by atoms with Crippen LogP contribution in [-0.4, -0.2) is 75.5 Å². The smallest absolute Gasteiger partial charge is 0.407 e. The predicted molar refractivity (Wildman–Crippen MR) is 161 cm³/mol. The number of hydrogen-bond donors (Lipinski definition) is 4. The van der Waals surface area contributed by atoms with Gasteiger partial charge in [-0.15, -0.1) is 4.83 Å². The van der Waals surface area contributed by atoms with Crippen molar-refractivity contribution in [2.75, 3.05) is 32.0 Å². The Morgan fingerprint density at radius 2 is 1.77 bits per heavy atom. The third kappa shape index (κ3) is 7.50. The van der Waals surface area contributed by atoms with Crippen LogP contribution in [0.5, 0.6) is 0 Å². The maximum absolute atomic E-state index is 13.4. The van der Waals surface area contributed by atoms with Crippen molar-refractivity contribution in [2.24, 2.45) is 29.6 Å². The van der Waals surface area contributed by atoms with E-state index in [0.717, 1.165) is 5.56 Å². The molecule has 3 aliphatic rings. The van der Waals surface area contributed by atoms with Crippen LogP contribution in [0.3, 0.4) is 0 Å². The van der Waals surface area contributed by atoms with Gasteiger partial charge in [0.1, 0.15) is 6.10 Å². The fourth-order valence-electron chi connectivity index (χ4n) is 6.54. The Bertz CT molecular complexity index is 1330. The standard InChI is InChI=1S/C31H44N4O7S/c1-19(2)13-14-35(34-43(38,39)23-11-9-22(32)10-12-23)16-27(36)26(15-21-7-5-4-6-8-21)33-31(37)42-29-24-17-40-30-28(20(24)3)25(29)18-41-30/h4-12,19-20,24-30,34,36H,13-18,32H2,1-3H3,(H,33,37)/t20-,24?,25?,26-,27+,28?,29?,30?/m0/s1. The van der Waals surface area contributed by atoms with Gasteiger partial charge in [0.25, 0.3) is 10.0 Å². The number of anilines is 1. The Kier molecular flexibility index (Phi) is 9.94. The van der Waals surface area contributed by atoms with Gasteiger partial charge in [-0.3, -0.25) is 0 Å². The van der Waals surface area contributed by atoms with Gasteiger partial charge < -0.3 is 30.4 Å². The third-order valence-electron chi connectivity index (χ3n) is 8.97. The molecule has 2 aromatic carbocycles. The van der Waals surface area contributed by atoms with Crippen LogP contribution in [0.15, 0.2) is 59.5 Å². The van der Waals surface area contributed by atoms with Gasteiger partial charge in [-0.25, -0.2) is 18.2 Å². The normalized spacial score (nSPS) is 27.8. The number of nitrogens with two attached hydrogens (primary N) is 1. The summed E-state index contributed by atoms with van der Waals surface area (Å²) in [6, 6.07) is 14.7. The van der Waals surface area contributed by atoms with E-state index >= 15 is 0 Å². The van der Waals surface area contributed by atoms with Crippen LogP contribution >= 0.6 is 0 Å². The van der Waals surface area contributed by atoms with Crippen molar-refractivity contribution in [2.45, 2.75) is 63.0 Å². The molecule has 8 atom stereocenters. The summed E-state index contributed by atoms with van der Waals surface area (Å²) in [5.74, 6) is 0.979. The minimum Gasteiger partial charge on any atom is -0.445 e. The fourth-order valence-corrected chi connectivity index (χ4v) is 7.65. The number of nitrogens with zero attached hydrogens (tertiary/aromatic N) is 1. The molecule has 5 rings (SSSR count). The quantitative estimate of drug-likeness (QED) is 0.197. The predicted octanol–water partition coefficient (Wildman–Crippen LogP) is 2.76. The van der Waals surface area contributed by atoms with E-state index in [9.17, 15) is 18.3 Å². The number of nitrogen functional groups attached to an aromatic ring is 1. The first kappa shape index (κ1) is 31.7. The largest absolute Gasteiger partial charge is 0.445 e. The first-order chi connectivity index (χ1) is 20.5. The zero-order valence-electron chi connectivity index (χ0n) is 25.0. The van der Waals surface area contributed by atoms with Gasteiger partial charge in [-0.2, -0.15) is 0 Å². The number of alkyl carbamates (subject to hydrolysis) is 1. The lowest BCUT2D eigenvalue weighted by Crippen LogP contribution is -2.54. The fraction of sp³-hybridized carbons (Fsp3) is 0.581. The topological polar surface area (TPSA) is 152 Å². The van der Waals surface area contributed by atoms with Crippen LogP contribution < -0.4 is 15.9 Å². The third-order valence-corrected chi connectivity index (χ3v) is 10.4. The minimum absolute atomic E-state index is 0.0597. The van der Waals surface area contributed by atoms with Crippen LogP contribution in [0.1, 0.15) is 32.8 Å². The van der Waals surface area contributed by atoms with Gasteiger partial charge in [0, 0.05) is 36.5 Å². The van der Waals surface area contributed by atoms with Gasteiger partial charge in [-0.1, -0.05) is 51.1 Å². The SMILES string of the molecule is CC(C)CCN(C[C@@H](O)[C@H](Cc1ccccc1)NC(=O)OC1C2COC3OCC1[C@H](C)C32)NS(=O)(=O)c1ccc(N)cc1. The lowest BCUT2D eigenvalue weighted by molar-refractivity contribution is -0.183. The first-order valence-corrected chi connectivity index (χ1v) is 16.6. The number of ether oxygens (including phenoxy) is 3. The summed E-state index contributed by atoms with van der Waals surface area (Å²) in [6.45, 7) is 7.51. The molecule has 11 nitrogen and oxygen atoms in total. The molecule has 5 unspecified atom stereocenters. The molecule has 2 aliphatic heterocycles. The summed E-state index contributed by atoms with van der Waals surface area (Å²) in [5.41, 5.74) is 7.11. The van der Waals surface area contributed by atoms with Crippen LogP contribution in [0.2, 0.25) is 0 Å². The molecule has 3 fully saturated rings. The Balaban J connectivity index is 1.30. The molecule has 236 valence electrons. The van der Waals surface area contributed by atoms with Crippen molar-refractivity contribution in [1.29, 1.82) is 0 Å². The van der Waals surface area contributed by atoms with Crippen molar-refractivity contribution in [3.8, 4) is 0 Å². The molecule has 2 saturated heterocycles. The maximum Gasteiger partial charge on any atom is 0.407 e. The summed E-state index contributed by atoms with van der Waals surface area (Å²) >= 11 is 0. The Morgan fingerprint density at radius 3 is 2.44 bits per heavy atom.